The second-order valence-corrected chi connectivity index (χ2v) is 5.00. The summed E-state index contributed by atoms with van der Waals surface area (Å²) in [4.78, 5) is 11.8. The zero-order valence-corrected chi connectivity index (χ0v) is 11.8. The van der Waals surface area contributed by atoms with Crippen LogP contribution in [0, 0.1) is 5.92 Å². The van der Waals surface area contributed by atoms with E-state index in [0.717, 1.165) is 5.75 Å². The van der Waals surface area contributed by atoms with E-state index in [1.165, 1.54) is 0 Å². The molecule has 1 rings (SSSR count). The van der Waals surface area contributed by atoms with E-state index in [2.05, 4.69) is 19.2 Å². The zero-order valence-electron chi connectivity index (χ0n) is 11.8. The van der Waals surface area contributed by atoms with Gasteiger partial charge < -0.3 is 15.2 Å². The molecule has 4 heteroatoms. The molecule has 1 amide bonds. The van der Waals surface area contributed by atoms with E-state index < -0.39 is 6.10 Å². The third kappa shape index (κ3) is 5.75. The van der Waals surface area contributed by atoms with Gasteiger partial charge in [0, 0.05) is 12.1 Å². The first-order valence-electron chi connectivity index (χ1n) is 6.72. The Morgan fingerprint density at radius 1 is 1.32 bits per heavy atom. The summed E-state index contributed by atoms with van der Waals surface area (Å²) in [5.41, 5.74) is 0.570. The van der Waals surface area contributed by atoms with Gasteiger partial charge in [-0.2, -0.15) is 0 Å². The number of hydrogen-bond donors (Lipinski definition) is 2. The molecule has 1 aromatic carbocycles. The molecule has 0 aromatic heterocycles. The summed E-state index contributed by atoms with van der Waals surface area (Å²) in [6, 6.07) is 7.02. The molecule has 0 fully saturated rings. The largest absolute Gasteiger partial charge is 0.493 e. The molecule has 2 N–H and O–H groups in total. The summed E-state index contributed by atoms with van der Waals surface area (Å²) in [5.74, 6) is 1.06. The molecule has 0 aliphatic carbocycles. The highest BCUT2D eigenvalue weighted by atomic mass is 16.5. The molecule has 4 nitrogen and oxygen atoms in total. The van der Waals surface area contributed by atoms with Crippen molar-refractivity contribution >= 4 is 5.91 Å². The number of aliphatic hydroxyl groups excluding tert-OH is 1. The van der Waals surface area contributed by atoms with Crippen LogP contribution in [0.1, 0.15) is 37.6 Å². The number of carbonyl (C=O) groups excluding carboxylic acids is 1. The van der Waals surface area contributed by atoms with Gasteiger partial charge in [0.25, 0.3) is 5.91 Å². The van der Waals surface area contributed by atoms with Crippen LogP contribution in [-0.2, 0) is 0 Å². The van der Waals surface area contributed by atoms with E-state index in [1.54, 1.807) is 24.3 Å². The maximum absolute atomic E-state index is 11.8. The third-order valence-corrected chi connectivity index (χ3v) is 2.67. The smallest absolute Gasteiger partial charge is 0.251 e. The SMILES string of the molecule is CCC(O)CNC(=O)c1ccc(OCC(C)C)cc1. The van der Waals surface area contributed by atoms with E-state index in [0.29, 0.717) is 24.5 Å². The number of hydrogen-bond acceptors (Lipinski definition) is 3. The van der Waals surface area contributed by atoms with Crippen molar-refractivity contribution in [2.45, 2.75) is 33.3 Å². The van der Waals surface area contributed by atoms with Gasteiger partial charge in [0.2, 0.25) is 0 Å². The minimum atomic E-state index is -0.488. The minimum absolute atomic E-state index is 0.178. The first kappa shape index (κ1) is 15.5. The normalized spacial score (nSPS) is 12.3. The molecular weight excluding hydrogens is 242 g/mol. The van der Waals surface area contributed by atoms with Crippen LogP contribution in [-0.4, -0.2) is 30.3 Å². The van der Waals surface area contributed by atoms with Crippen LogP contribution < -0.4 is 10.1 Å². The quantitative estimate of drug-likeness (QED) is 0.794. The van der Waals surface area contributed by atoms with Crippen LogP contribution in [0.4, 0.5) is 0 Å². The lowest BCUT2D eigenvalue weighted by molar-refractivity contribution is 0.0914. The summed E-state index contributed by atoms with van der Waals surface area (Å²) < 4.78 is 5.55. The monoisotopic (exact) mass is 265 g/mol. The molecule has 0 radical (unpaired) electrons. The van der Waals surface area contributed by atoms with Gasteiger partial charge in [0.1, 0.15) is 5.75 Å². The van der Waals surface area contributed by atoms with Crippen molar-refractivity contribution in [3.63, 3.8) is 0 Å². The van der Waals surface area contributed by atoms with Crippen LogP contribution in [0.2, 0.25) is 0 Å². The maximum Gasteiger partial charge on any atom is 0.251 e. The molecule has 0 bridgehead atoms. The zero-order chi connectivity index (χ0) is 14.3. The lowest BCUT2D eigenvalue weighted by Gasteiger charge is -2.11. The van der Waals surface area contributed by atoms with E-state index >= 15 is 0 Å². The molecule has 1 unspecified atom stereocenters. The van der Waals surface area contributed by atoms with Crippen molar-refractivity contribution in [1.82, 2.24) is 5.32 Å². The van der Waals surface area contributed by atoms with Crippen LogP contribution in [0.25, 0.3) is 0 Å². The van der Waals surface area contributed by atoms with Crippen LogP contribution in [0.15, 0.2) is 24.3 Å². The number of ether oxygens (including phenoxy) is 1. The lowest BCUT2D eigenvalue weighted by atomic mass is 10.2. The first-order valence-corrected chi connectivity index (χ1v) is 6.72. The van der Waals surface area contributed by atoms with Crippen LogP contribution in [0.5, 0.6) is 5.75 Å². The highest BCUT2D eigenvalue weighted by Gasteiger charge is 2.07. The Labute approximate surface area is 114 Å². The summed E-state index contributed by atoms with van der Waals surface area (Å²) in [6.45, 7) is 6.98. The van der Waals surface area contributed by atoms with Gasteiger partial charge >= 0.3 is 0 Å². The fourth-order valence-corrected chi connectivity index (χ4v) is 1.42. The number of aliphatic hydroxyl groups is 1. The fraction of sp³-hybridized carbons (Fsp3) is 0.533. The fourth-order valence-electron chi connectivity index (χ4n) is 1.42. The average molecular weight is 265 g/mol. The minimum Gasteiger partial charge on any atom is -0.493 e. The van der Waals surface area contributed by atoms with Crippen molar-refractivity contribution in [2.24, 2.45) is 5.92 Å². The van der Waals surface area contributed by atoms with Gasteiger partial charge in [-0.3, -0.25) is 4.79 Å². The predicted octanol–water partition coefficient (Wildman–Crippen LogP) is 2.22. The molecule has 0 saturated carbocycles. The Balaban J connectivity index is 2.48. The molecule has 0 aliphatic rings. The molecule has 0 heterocycles. The molecule has 19 heavy (non-hydrogen) atoms. The van der Waals surface area contributed by atoms with Crippen molar-refractivity contribution < 1.29 is 14.6 Å². The Hall–Kier alpha value is -1.55. The summed E-state index contributed by atoms with van der Waals surface area (Å²) in [5, 5.41) is 12.1. The van der Waals surface area contributed by atoms with E-state index in [1.807, 2.05) is 6.92 Å². The number of amides is 1. The lowest BCUT2D eigenvalue weighted by Crippen LogP contribution is -2.31. The molecular formula is C15H23NO3. The first-order chi connectivity index (χ1) is 9.02. The van der Waals surface area contributed by atoms with Gasteiger partial charge in [-0.25, -0.2) is 0 Å². The Morgan fingerprint density at radius 2 is 1.95 bits per heavy atom. The van der Waals surface area contributed by atoms with Crippen molar-refractivity contribution in [1.29, 1.82) is 0 Å². The maximum atomic E-state index is 11.8. The molecule has 1 atom stereocenters. The number of nitrogens with one attached hydrogen (secondary N) is 1. The Bertz CT molecular complexity index is 387. The van der Waals surface area contributed by atoms with E-state index in [9.17, 15) is 9.90 Å². The van der Waals surface area contributed by atoms with Gasteiger partial charge in [-0.05, 0) is 36.6 Å². The van der Waals surface area contributed by atoms with E-state index in [-0.39, 0.29) is 12.5 Å². The number of carbonyl (C=O) groups is 1. The van der Waals surface area contributed by atoms with Gasteiger partial charge in [-0.15, -0.1) is 0 Å². The Kier molecular flexibility index (Phi) is 6.36. The molecule has 1 aromatic rings. The molecule has 0 spiro atoms. The molecule has 0 saturated heterocycles. The number of benzene rings is 1. The van der Waals surface area contributed by atoms with Crippen LogP contribution in [0.3, 0.4) is 0 Å². The van der Waals surface area contributed by atoms with Crippen molar-refractivity contribution in [3.05, 3.63) is 29.8 Å². The highest BCUT2D eigenvalue weighted by Crippen LogP contribution is 2.13. The third-order valence-electron chi connectivity index (χ3n) is 2.67. The second-order valence-electron chi connectivity index (χ2n) is 5.00. The van der Waals surface area contributed by atoms with Gasteiger partial charge in [0.05, 0.1) is 12.7 Å². The van der Waals surface area contributed by atoms with Crippen molar-refractivity contribution in [3.8, 4) is 5.75 Å². The topological polar surface area (TPSA) is 58.6 Å². The summed E-state index contributed by atoms with van der Waals surface area (Å²) >= 11 is 0. The summed E-state index contributed by atoms with van der Waals surface area (Å²) in [7, 11) is 0. The van der Waals surface area contributed by atoms with Gasteiger partial charge in [-0.1, -0.05) is 20.8 Å². The Morgan fingerprint density at radius 3 is 2.47 bits per heavy atom. The molecule has 106 valence electrons. The predicted molar refractivity (Wildman–Crippen MR) is 75.4 cm³/mol. The highest BCUT2D eigenvalue weighted by molar-refractivity contribution is 5.94. The van der Waals surface area contributed by atoms with Crippen molar-refractivity contribution in [2.75, 3.05) is 13.2 Å². The van der Waals surface area contributed by atoms with Crippen LogP contribution >= 0.6 is 0 Å². The van der Waals surface area contributed by atoms with Gasteiger partial charge in [0.15, 0.2) is 0 Å². The average Bonchev–Trinajstić information content (AvgIpc) is 2.42. The summed E-state index contributed by atoms with van der Waals surface area (Å²) in [6.07, 6.45) is 0.139. The molecule has 0 aliphatic heterocycles. The standard InChI is InChI=1S/C15H23NO3/c1-4-13(17)9-16-15(18)12-5-7-14(8-6-12)19-10-11(2)3/h5-8,11,13,17H,4,9-10H2,1-3H3,(H,16,18). The second kappa shape index (κ2) is 7.79. The van der Waals surface area contributed by atoms with E-state index in [4.69, 9.17) is 4.74 Å². The number of rotatable bonds is 7.